The molecule has 1 aliphatic rings. The molecule has 0 amide bonds. The van der Waals surface area contributed by atoms with E-state index in [9.17, 15) is 0 Å². The van der Waals surface area contributed by atoms with Gasteiger partial charge in [0.1, 0.15) is 0 Å². The van der Waals surface area contributed by atoms with E-state index in [0.29, 0.717) is 0 Å². The van der Waals surface area contributed by atoms with Crippen LogP contribution in [0.3, 0.4) is 0 Å². The van der Waals surface area contributed by atoms with Gasteiger partial charge in [-0.15, -0.1) is 12.6 Å². The average molecular weight is 144 g/mol. The topological polar surface area (TPSA) is 9.23 Å². The van der Waals surface area contributed by atoms with Gasteiger partial charge in [-0.25, -0.2) is 0 Å². The molecule has 1 rings (SSSR count). The molecule has 52 valence electrons. The van der Waals surface area contributed by atoms with Crippen LogP contribution in [0.5, 0.6) is 0 Å². The number of hydrogen-bond donors (Lipinski definition) is 1. The molecule has 1 unspecified atom stereocenters. The van der Waals surface area contributed by atoms with Crippen molar-refractivity contribution in [2.45, 2.75) is 25.4 Å². The van der Waals surface area contributed by atoms with Gasteiger partial charge in [-0.2, -0.15) is 0 Å². The molecular weight excluding hydrogens is 132 g/mol. The van der Waals surface area contributed by atoms with Gasteiger partial charge in [0.2, 0.25) is 0 Å². The molecule has 1 atom stereocenters. The van der Waals surface area contributed by atoms with Gasteiger partial charge in [-0.3, -0.25) is 0 Å². The molecule has 1 fully saturated rings. The standard InChI is InChI=1S/C7H12OS/c1-6(9)7-4-2-3-5-8-7/h7,9H,1-5H2. The second kappa shape index (κ2) is 3.28. The van der Waals surface area contributed by atoms with Crippen LogP contribution in [0.25, 0.3) is 0 Å². The van der Waals surface area contributed by atoms with Crippen molar-refractivity contribution in [2.75, 3.05) is 6.61 Å². The highest BCUT2D eigenvalue weighted by molar-refractivity contribution is 7.84. The quantitative estimate of drug-likeness (QED) is 0.554. The zero-order chi connectivity index (χ0) is 6.69. The van der Waals surface area contributed by atoms with Gasteiger partial charge >= 0.3 is 0 Å². The van der Waals surface area contributed by atoms with Gasteiger partial charge < -0.3 is 4.74 Å². The van der Waals surface area contributed by atoms with Gasteiger partial charge in [0, 0.05) is 11.5 Å². The van der Waals surface area contributed by atoms with Gasteiger partial charge in [-0.1, -0.05) is 6.58 Å². The maximum Gasteiger partial charge on any atom is 0.0874 e. The molecule has 0 N–H and O–H groups in total. The Kier molecular flexibility index (Phi) is 2.61. The fourth-order valence-electron chi connectivity index (χ4n) is 1.00. The summed E-state index contributed by atoms with van der Waals surface area (Å²) in [6.45, 7) is 4.60. The lowest BCUT2D eigenvalue weighted by atomic mass is 10.1. The largest absolute Gasteiger partial charge is 0.373 e. The van der Waals surface area contributed by atoms with Gasteiger partial charge in [0.05, 0.1) is 6.10 Å². The molecule has 0 aromatic rings. The van der Waals surface area contributed by atoms with E-state index < -0.39 is 0 Å². The van der Waals surface area contributed by atoms with Crippen LogP contribution in [0, 0.1) is 0 Å². The summed E-state index contributed by atoms with van der Waals surface area (Å²) in [4.78, 5) is 0.870. The van der Waals surface area contributed by atoms with E-state index in [-0.39, 0.29) is 6.10 Å². The Balaban J connectivity index is 2.31. The predicted octanol–water partition coefficient (Wildman–Crippen LogP) is 2.00. The van der Waals surface area contributed by atoms with Gasteiger partial charge in [0.25, 0.3) is 0 Å². The van der Waals surface area contributed by atoms with E-state index in [1.807, 2.05) is 0 Å². The maximum atomic E-state index is 5.36. The molecule has 1 nitrogen and oxygen atoms in total. The molecule has 0 aliphatic carbocycles. The molecule has 1 aliphatic heterocycles. The second-order valence-electron chi connectivity index (χ2n) is 2.35. The van der Waals surface area contributed by atoms with Crippen LogP contribution >= 0.6 is 12.6 Å². The van der Waals surface area contributed by atoms with Crippen molar-refractivity contribution in [1.82, 2.24) is 0 Å². The van der Waals surface area contributed by atoms with Crippen LogP contribution in [0.15, 0.2) is 11.5 Å². The van der Waals surface area contributed by atoms with E-state index in [1.54, 1.807) is 0 Å². The Bertz CT molecular complexity index is 105. The van der Waals surface area contributed by atoms with Crippen molar-refractivity contribution in [1.29, 1.82) is 0 Å². The first-order chi connectivity index (χ1) is 4.30. The van der Waals surface area contributed by atoms with Crippen molar-refractivity contribution in [2.24, 2.45) is 0 Å². The lowest BCUT2D eigenvalue weighted by Crippen LogP contribution is -2.18. The first-order valence-corrected chi connectivity index (χ1v) is 3.75. The summed E-state index contributed by atoms with van der Waals surface area (Å²) in [5.74, 6) is 0. The number of thiol groups is 1. The third kappa shape index (κ3) is 2.03. The predicted molar refractivity (Wildman–Crippen MR) is 41.7 cm³/mol. The minimum Gasteiger partial charge on any atom is -0.373 e. The molecule has 1 saturated heterocycles. The van der Waals surface area contributed by atoms with Crippen molar-refractivity contribution in [3.8, 4) is 0 Å². The van der Waals surface area contributed by atoms with Crippen molar-refractivity contribution in [3.05, 3.63) is 11.5 Å². The normalized spacial score (nSPS) is 27.9. The van der Waals surface area contributed by atoms with Crippen molar-refractivity contribution < 1.29 is 4.74 Å². The van der Waals surface area contributed by atoms with Crippen LogP contribution in [-0.2, 0) is 4.74 Å². The smallest absolute Gasteiger partial charge is 0.0874 e. The molecule has 0 saturated carbocycles. The Morgan fingerprint density at radius 2 is 2.33 bits per heavy atom. The Hall–Kier alpha value is 0.0500. The Labute approximate surface area is 61.5 Å². The van der Waals surface area contributed by atoms with E-state index in [0.717, 1.165) is 17.9 Å². The zero-order valence-corrected chi connectivity index (χ0v) is 6.36. The van der Waals surface area contributed by atoms with Crippen LogP contribution in [0.2, 0.25) is 0 Å². The molecule has 0 bridgehead atoms. The van der Waals surface area contributed by atoms with Crippen molar-refractivity contribution >= 4 is 12.6 Å². The lowest BCUT2D eigenvalue weighted by molar-refractivity contribution is 0.0447. The van der Waals surface area contributed by atoms with E-state index in [2.05, 4.69) is 19.2 Å². The van der Waals surface area contributed by atoms with Gasteiger partial charge in [0.15, 0.2) is 0 Å². The summed E-state index contributed by atoms with van der Waals surface area (Å²) in [6, 6.07) is 0. The number of ether oxygens (including phenoxy) is 1. The monoisotopic (exact) mass is 144 g/mol. The summed E-state index contributed by atoms with van der Waals surface area (Å²) >= 11 is 4.12. The summed E-state index contributed by atoms with van der Waals surface area (Å²) in [6.07, 6.45) is 3.77. The first-order valence-electron chi connectivity index (χ1n) is 3.30. The summed E-state index contributed by atoms with van der Waals surface area (Å²) in [5.41, 5.74) is 0. The van der Waals surface area contributed by atoms with Crippen LogP contribution in [0.4, 0.5) is 0 Å². The third-order valence-electron chi connectivity index (χ3n) is 1.55. The van der Waals surface area contributed by atoms with E-state index in [4.69, 9.17) is 4.74 Å². The lowest BCUT2D eigenvalue weighted by Gasteiger charge is -2.21. The molecule has 0 aromatic heterocycles. The second-order valence-corrected chi connectivity index (χ2v) is 2.92. The summed E-state index contributed by atoms with van der Waals surface area (Å²) < 4.78 is 5.36. The molecule has 2 heteroatoms. The van der Waals surface area contributed by atoms with E-state index in [1.165, 1.54) is 12.8 Å². The summed E-state index contributed by atoms with van der Waals surface area (Å²) in [7, 11) is 0. The molecule has 9 heavy (non-hydrogen) atoms. The highest BCUT2D eigenvalue weighted by Gasteiger charge is 2.13. The number of rotatable bonds is 1. The molecular formula is C7H12OS. The highest BCUT2D eigenvalue weighted by atomic mass is 32.1. The Morgan fingerprint density at radius 1 is 1.56 bits per heavy atom. The fraction of sp³-hybridized carbons (Fsp3) is 0.714. The number of hydrogen-bond acceptors (Lipinski definition) is 2. The first kappa shape index (κ1) is 7.16. The van der Waals surface area contributed by atoms with Crippen LogP contribution in [-0.4, -0.2) is 12.7 Å². The third-order valence-corrected chi connectivity index (χ3v) is 1.84. The fourth-order valence-corrected chi connectivity index (χ4v) is 1.21. The van der Waals surface area contributed by atoms with Crippen molar-refractivity contribution in [3.63, 3.8) is 0 Å². The maximum absolute atomic E-state index is 5.36. The minimum absolute atomic E-state index is 0.224. The van der Waals surface area contributed by atoms with Gasteiger partial charge in [-0.05, 0) is 19.3 Å². The SMILES string of the molecule is C=C(S)C1CCCCO1. The van der Waals surface area contributed by atoms with Crippen LogP contribution < -0.4 is 0 Å². The zero-order valence-electron chi connectivity index (χ0n) is 5.47. The molecule has 1 heterocycles. The van der Waals surface area contributed by atoms with Crippen LogP contribution in [0.1, 0.15) is 19.3 Å². The highest BCUT2D eigenvalue weighted by Crippen LogP contribution is 2.19. The van der Waals surface area contributed by atoms with E-state index >= 15 is 0 Å². The Morgan fingerprint density at radius 3 is 2.67 bits per heavy atom. The average Bonchev–Trinajstić information content (AvgIpc) is 1.90. The molecule has 0 radical (unpaired) electrons. The molecule has 0 aromatic carbocycles. The minimum atomic E-state index is 0.224. The summed E-state index contributed by atoms with van der Waals surface area (Å²) in [5, 5.41) is 0. The molecule has 0 spiro atoms.